The Labute approximate surface area is 155 Å². The van der Waals surface area contributed by atoms with Crippen molar-refractivity contribution in [1.82, 2.24) is 9.80 Å². The molecule has 1 spiro atoms. The second-order valence-corrected chi connectivity index (χ2v) is 7.95. The molecule has 6 heteroatoms. The molecule has 3 rings (SSSR count). The molecular weight excluding hydrogens is 330 g/mol. The molecule has 1 unspecified atom stereocenters. The lowest BCUT2D eigenvalue weighted by Gasteiger charge is -2.37. The molecular formula is C20H29N3O3. The van der Waals surface area contributed by atoms with E-state index in [2.05, 4.69) is 11.4 Å². The van der Waals surface area contributed by atoms with Gasteiger partial charge in [-0.1, -0.05) is 6.07 Å². The molecule has 2 fully saturated rings. The summed E-state index contributed by atoms with van der Waals surface area (Å²) >= 11 is 0. The average molecular weight is 359 g/mol. The lowest BCUT2D eigenvalue weighted by molar-refractivity contribution is -0.138. The molecule has 2 aliphatic heterocycles. The molecule has 0 aromatic heterocycles. The number of nitrogens with zero attached hydrogens (tertiary/aromatic N) is 2. The van der Waals surface area contributed by atoms with Gasteiger partial charge in [0.05, 0.1) is 5.92 Å². The molecule has 0 aliphatic carbocycles. The lowest BCUT2D eigenvalue weighted by Crippen LogP contribution is -2.44. The molecule has 142 valence electrons. The monoisotopic (exact) mass is 359 g/mol. The van der Waals surface area contributed by atoms with E-state index in [0.29, 0.717) is 26.3 Å². The number of nitrogens with one attached hydrogen (secondary N) is 1. The highest BCUT2D eigenvalue weighted by atomic mass is 16.5. The van der Waals surface area contributed by atoms with Crippen molar-refractivity contribution >= 4 is 17.6 Å². The van der Waals surface area contributed by atoms with Gasteiger partial charge in [-0.15, -0.1) is 0 Å². The van der Waals surface area contributed by atoms with E-state index in [1.165, 1.54) is 0 Å². The third-order valence-corrected chi connectivity index (χ3v) is 5.64. The Hall–Kier alpha value is -2.08. The number of amides is 3. The summed E-state index contributed by atoms with van der Waals surface area (Å²) in [7, 11) is 3.57. The van der Waals surface area contributed by atoms with Crippen molar-refractivity contribution in [1.29, 1.82) is 0 Å². The minimum atomic E-state index is -0.167. The zero-order valence-corrected chi connectivity index (χ0v) is 16.2. The second-order valence-electron chi connectivity index (χ2n) is 7.95. The normalized spacial score (nSPS) is 21.7. The van der Waals surface area contributed by atoms with Gasteiger partial charge in [-0.2, -0.15) is 0 Å². The summed E-state index contributed by atoms with van der Waals surface area (Å²) in [5, 5.41) is 3.01. The summed E-state index contributed by atoms with van der Waals surface area (Å²) in [6.07, 6.45) is 1.65. The number of rotatable bonds is 2. The van der Waals surface area contributed by atoms with Crippen LogP contribution in [0.15, 0.2) is 18.2 Å². The van der Waals surface area contributed by atoms with Gasteiger partial charge < -0.3 is 19.9 Å². The quantitative estimate of drug-likeness (QED) is 0.883. The Morgan fingerprint density at radius 2 is 1.77 bits per heavy atom. The van der Waals surface area contributed by atoms with Gasteiger partial charge >= 0.3 is 6.03 Å². The van der Waals surface area contributed by atoms with Crippen molar-refractivity contribution in [3.8, 4) is 0 Å². The van der Waals surface area contributed by atoms with Gasteiger partial charge in [0.1, 0.15) is 0 Å². The molecule has 2 aliphatic rings. The van der Waals surface area contributed by atoms with Crippen LogP contribution < -0.4 is 5.32 Å². The van der Waals surface area contributed by atoms with Gasteiger partial charge in [0.15, 0.2) is 0 Å². The van der Waals surface area contributed by atoms with Gasteiger partial charge in [-0.3, -0.25) is 4.79 Å². The number of carbonyl (C=O) groups is 2. The van der Waals surface area contributed by atoms with Crippen LogP contribution in [-0.2, 0) is 9.53 Å². The van der Waals surface area contributed by atoms with Crippen molar-refractivity contribution in [3.05, 3.63) is 29.3 Å². The van der Waals surface area contributed by atoms with Crippen molar-refractivity contribution in [2.24, 2.45) is 11.3 Å². The second kappa shape index (κ2) is 7.27. The van der Waals surface area contributed by atoms with Crippen LogP contribution >= 0.6 is 0 Å². The van der Waals surface area contributed by atoms with E-state index in [-0.39, 0.29) is 23.3 Å². The molecule has 3 amide bonds. The summed E-state index contributed by atoms with van der Waals surface area (Å²) < 4.78 is 5.52. The van der Waals surface area contributed by atoms with Crippen LogP contribution in [0.4, 0.5) is 10.5 Å². The van der Waals surface area contributed by atoms with Crippen molar-refractivity contribution in [2.45, 2.75) is 26.7 Å². The van der Waals surface area contributed by atoms with Crippen LogP contribution in [0.25, 0.3) is 0 Å². The van der Waals surface area contributed by atoms with Crippen LogP contribution in [0.3, 0.4) is 0 Å². The predicted molar refractivity (Wildman–Crippen MR) is 101 cm³/mol. The molecule has 1 aromatic carbocycles. The Morgan fingerprint density at radius 1 is 1.15 bits per heavy atom. The summed E-state index contributed by atoms with van der Waals surface area (Å²) in [6, 6.07) is 5.88. The van der Waals surface area contributed by atoms with Gasteiger partial charge in [0.25, 0.3) is 0 Å². The highest BCUT2D eigenvalue weighted by Crippen LogP contribution is 2.45. The molecule has 1 aromatic rings. The maximum atomic E-state index is 12.9. The smallest absolute Gasteiger partial charge is 0.321 e. The summed E-state index contributed by atoms with van der Waals surface area (Å²) in [5.41, 5.74) is 2.86. The van der Waals surface area contributed by atoms with Crippen LogP contribution in [-0.4, -0.2) is 62.1 Å². The van der Waals surface area contributed by atoms with Crippen molar-refractivity contribution in [3.63, 3.8) is 0 Å². The first-order chi connectivity index (χ1) is 12.3. The molecule has 0 saturated carbocycles. The fourth-order valence-corrected chi connectivity index (χ4v) is 4.31. The van der Waals surface area contributed by atoms with E-state index in [1.54, 1.807) is 23.9 Å². The molecule has 6 nitrogen and oxygen atoms in total. The zero-order valence-electron chi connectivity index (χ0n) is 16.2. The van der Waals surface area contributed by atoms with Crippen LogP contribution in [0.2, 0.25) is 0 Å². The standard InChI is InChI=1S/C20H29N3O3/c1-14-9-15(2)11-16(10-14)21-19(25)23-12-17(18(24)22(3)4)20(13-23)5-7-26-8-6-20/h9-11,17H,5-8,12-13H2,1-4H3,(H,21,25). The predicted octanol–water partition coefficient (Wildman–Crippen LogP) is 2.65. The fourth-order valence-electron chi connectivity index (χ4n) is 4.31. The first kappa shape index (κ1) is 18.7. The molecule has 1 N–H and O–H groups in total. The van der Waals surface area contributed by atoms with Crippen molar-refractivity contribution < 1.29 is 14.3 Å². The van der Waals surface area contributed by atoms with Crippen molar-refractivity contribution in [2.75, 3.05) is 45.7 Å². The van der Waals surface area contributed by atoms with E-state index < -0.39 is 0 Å². The van der Waals surface area contributed by atoms with E-state index >= 15 is 0 Å². The van der Waals surface area contributed by atoms with Gasteiger partial charge in [-0.05, 0) is 49.9 Å². The fraction of sp³-hybridized carbons (Fsp3) is 0.600. The van der Waals surface area contributed by atoms with Crippen LogP contribution in [0.5, 0.6) is 0 Å². The lowest BCUT2D eigenvalue weighted by atomic mass is 9.71. The third-order valence-electron chi connectivity index (χ3n) is 5.64. The number of anilines is 1. The summed E-state index contributed by atoms with van der Waals surface area (Å²) in [6.45, 7) is 6.42. The van der Waals surface area contributed by atoms with Crippen LogP contribution in [0, 0.1) is 25.2 Å². The number of hydrogen-bond donors (Lipinski definition) is 1. The number of carbonyl (C=O) groups excluding carboxylic acids is 2. The maximum absolute atomic E-state index is 12.9. The molecule has 0 radical (unpaired) electrons. The molecule has 2 saturated heterocycles. The van der Waals surface area contributed by atoms with Crippen LogP contribution in [0.1, 0.15) is 24.0 Å². The zero-order chi connectivity index (χ0) is 18.9. The van der Waals surface area contributed by atoms with E-state index in [0.717, 1.165) is 29.7 Å². The first-order valence-electron chi connectivity index (χ1n) is 9.24. The maximum Gasteiger partial charge on any atom is 0.321 e. The van der Waals surface area contributed by atoms with E-state index in [9.17, 15) is 9.59 Å². The minimum Gasteiger partial charge on any atom is -0.381 e. The molecule has 26 heavy (non-hydrogen) atoms. The van der Waals surface area contributed by atoms with E-state index in [1.807, 2.05) is 26.0 Å². The number of aryl methyl sites for hydroxylation is 2. The summed E-state index contributed by atoms with van der Waals surface area (Å²) in [5.74, 6) is -0.0556. The highest BCUT2D eigenvalue weighted by Gasteiger charge is 2.52. The average Bonchev–Trinajstić information content (AvgIpc) is 2.92. The summed E-state index contributed by atoms with van der Waals surface area (Å²) in [4.78, 5) is 29.1. The molecule has 2 heterocycles. The van der Waals surface area contributed by atoms with Gasteiger partial charge in [-0.25, -0.2) is 4.79 Å². The number of urea groups is 1. The minimum absolute atomic E-state index is 0.105. The third kappa shape index (κ3) is 3.70. The van der Waals surface area contributed by atoms with Gasteiger partial charge in [0.2, 0.25) is 5.91 Å². The number of likely N-dealkylation sites (tertiary alicyclic amines) is 1. The first-order valence-corrected chi connectivity index (χ1v) is 9.24. The number of ether oxygens (including phenoxy) is 1. The van der Waals surface area contributed by atoms with Gasteiger partial charge in [0, 0.05) is 51.5 Å². The SMILES string of the molecule is Cc1cc(C)cc(NC(=O)N2CC(C(=O)N(C)C)C3(CCOCC3)C2)c1. The largest absolute Gasteiger partial charge is 0.381 e. The molecule has 0 bridgehead atoms. The Morgan fingerprint density at radius 3 is 2.35 bits per heavy atom. The Balaban J connectivity index is 1.77. The molecule has 1 atom stereocenters. The topological polar surface area (TPSA) is 61.9 Å². The van der Waals surface area contributed by atoms with E-state index in [4.69, 9.17) is 4.74 Å². The Bertz CT molecular complexity index is 675. The number of benzene rings is 1. The number of hydrogen-bond acceptors (Lipinski definition) is 3. The highest BCUT2D eigenvalue weighted by molar-refractivity contribution is 5.91. The Kier molecular flexibility index (Phi) is 5.23.